The summed E-state index contributed by atoms with van der Waals surface area (Å²) in [6.45, 7) is 3.88. The van der Waals surface area contributed by atoms with Crippen LogP contribution in [0.2, 0.25) is 0 Å². The lowest BCUT2D eigenvalue weighted by Gasteiger charge is -2.04. The van der Waals surface area contributed by atoms with E-state index in [2.05, 4.69) is 5.10 Å². The number of phenolic OH excluding ortho intramolecular Hbond substituents is 1. The summed E-state index contributed by atoms with van der Waals surface area (Å²) in [6, 6.07) is 3.09. The Morgan fingerprint density at radius 2 is 2.24 bits per heavy atom. The summed E-state index contributed by atoms with van der Waals surface area (Å²) in [5.41, 5.74) is 1.73. The number of aromatic hydroxyl groups is 1. The Kier molecular flexibility index (Phi) is 2.75. The van der Waals surface area contributed by atoms with E-state index in [1.54, 1.807) is 24.7 Å². The molecule has 0 amide bonds. The number of carbonyl (C=O) groups excluding carboxylic acids is 1. The van der Waals surface area contributed by atoms with E-state index in [9.17, 15) is 9.90 Å². The Labute approximate surface area is 98.6 Å². The largest absolute Gasteiger partial charge is 0.506 e. The zero-order chi connectivity index (χ0) is 12.6. The molecule has 0 bridgehead atoms. The number of carbonyl (C=O) groups is 1. The van der Waals surface area contributed by atoms with Crippen LogP contribution < -0.4 is 0 Å². The molecule has 0 aliphatic heterocycles. The normalized spacial score (nSPS) is 10.8. The number of ether oxygens (including phenoxy) is 1. The van der Waals surface area contributed by atoms with Gasteiger partial charge in [0.2, 0.25) is 0 Å². The molecule has 0 saturated carbocycles. The third kappa shape index (κ3) is 1.84. The number of aromatic nitrogens is 2. The highest BCUT2D eigenvalue weighted by molar-refractivity contribution is 5.97. The molecule has 17 heavy (non-hydrogen) atoms. The van der Waals surface area contributed by atoms with Gasteiger partial charge in [0.15, 0.2) is 0 Å². The number of hydrogen-bond acceptors (Lipinski definition) is 4. The fraction of sp³-hybridized carbons (Fsp3) is 0.333. The van der Waals surface area contributed by atoms with Crippen LogP contribution >= 0.6 is 0 Å². The van der Waals surface area contributed by atoms with Crippen LogP contribution in [0.5, 0.6) is 5.75 Å². The number of benzene rings is 1. The van der Waals surface area contributed by atoms with E-state index >= 15 is 0 Å². The molecule has 2 aromatic rings. The van der Waals surface area contributed by atoms with Crippen molar-refractivity contribution in [3.63, 3.8) is 0 Å². The van der Waals surface area contributed by atoms with Gasteiger partial charge in [0, 0.05) is 12.4 Å². The van der Waals surface area contributed by atoms with Gasteiger partial charge in [0.1, 0.15) is 11.3 Å². The van der Waals surface area contributed by atoms with Crippen molar-refractivity contribution in [2.45, 2.75) is 13.8 Å². The Morgan fingerprint density at radius 1 is 1.53 bits per heavy atom. The van der Waals surface area contributed by atoms with Crippen LogP contribution in [0, 0.1) is 6.92 Å². The molecule has 0 unspecified atom stereocenters. The van der Waals surface area contributed by atoms with Crippen molar-refractivity contribution in [3.8, 4) is 5.75 Å². The summed E-state index contributed by atoms with van der Waals surface area (Å²) >= 11 is 0. The van der Waals surface area contributed by atoms with Gasteiger partial charge in [-0.3, -0.25) is 4.68 Å². The van der Waals surface area contributed by atoms with Gasteiger partial charge in [-0.25, -0.2) is 4.79 Å². The second-order valence-corrected chi connectivity index (χ2v) is 3.82. The molecule has 0 saturated heterocycles. The summed E-state index contributed by atoms with van der Waals surface area (Å²) < 4.78 is 6.49. The first-order valence-corrected chi connectivity index (χ1v) is 5.38. The monoisotopic (exact) mass is 234 g/mol. The zero-order valence-corrected chi connectivity index (χ0v) is 10.0. The van der Waals surface area contributed by atoms with Gasteiger partial charge in [0.25, 0.3) is 0 Å². The molecule has 1 heterocycles. The van der Waals surface area contributed by atoms with Gasteiger partial charge >= 0.3 is 5.97 Å². The van der Waals surface area contributed by atoms with Crippen molar-refractivity contribution in [2.75, 3.05) is 6.61 Å². The van der Waals surface area contributed by atoms with Crippen LogP contribution in [0.25, 0.3) is 10.9 Å². The molecular formula is C12H14N2O3. The van der Waals surface area contributed by atoms with Gasteiger partial charge in [-0.1, -0.05) is 0 Å². The first-order valence-electron chi connectivity index (χ1n) is 5.38. The Balaban J connectivity index is 2.62. The summed E-state index contributed by atoms with van der Waals surface area (Å²) in [5.74, 6) is -0.401. The second kappa shape index (κ2) is 4.08. The van der Waals surface area contributed by atoms with E-state index in [0.717, 1.165) is 11.1 Å². The zero-order valence-electron chi connectivity index (χ0n) is 10.0. The van der Waals surface area contributed by atoms with Crippen molar-refractivity contribution < 1.29 is 14.6 Å². The Hall–Kier alpha value is -2.04. The molecule has 5 nitrogen and oxygen atoms in total. The van der Waals surface area contributed by atoms with Gasteiger partial charge in [-0.15, -0.1) is 0 Å². The molecule has 0 atom stereocenters. The lowest BCUT2D eigenvalue weighted by molar-refractivity contribution is 0.0526. The molecule has 0 aliphatic rings. The molecule has 1 aromatic carbocycles. The number of nitrogens with zero attached hydrogens (tertiary/aromatic N) is 2. The maximum absolute atomic E-state index is 11.6. The van der Waals surface area contributed by atoms with Crippen LogP contribution in [-0.2, 0) is 11.8 Å². The van der Waals surface area contributed by atoms with Gasteiger partial charge in [0.05, 0.1) is 17.9 Å². The SMILES string of the molecule is CCOC(=O)c1cc(O)c2c(c1)c(C)nn2C. The number of hydrogen-bond donors (Lipinski definition) is 1. The third-order valence-corrected chi connectivity index (χ3v) is 2.61. The predicted octanol–water partition coefficient (Wildman–Crippen LogP) is 1.76. The second-order valence-electron chi connectivity index (χ2n) is 3.82. The van der Waals surface area contributed by atoms with Crippen LogP contribution in [0.4, 0.5) is 0 Å². The summed E-state index contributed by atoms with van der Waals surface area (Å²) in [7, 11) is 1.75. The van der Waals surface area contributed by atoms with Crippen LogP contribution in [-0.4, -0.2) is 27.5 Å². The van der Waals surface area contributed by atoms with Gasteiger partial charge in [-0.2, -0.15) is 5.10 Å². The molecular weight excluding hydrogens is 220 g/mol. The Morgan fingerprint density at radius 3 is 2.88 bits per heavy atom. The molecule has 5 heteroatoms. The minimum Gasteiger partial charge on any atom is -0.506 e. The lowest BCUT2D eigenvalue weighted by atomic mass is 10.1. The van der Waals surface area contributed by atoms with E-state index < -0.39 is 5.97 Å². The smallest absolute Gasteiger partial charge is 0.338 e. The Bertz CT molecular complexity index is 587. The molecule has 2 rings (SSSR count). The maximum atomic E-state index is 11.6. The average Bonchev–Trinajstić information content (AvgIpc) is 2.55. The minimum absolute atomic E-state index is 0.0358. The maximum Gasteiger partial charge on any atom is 0.338 e. The molecule has 0 aliphatic carbocycles. The molecule has 90 valence electrons. The molecule has 1 N–H and O–H groups in total. The van der Waals surface area contributed by atoms with Crippen LogP contribution in [0.1, 0.15) is 23.0 Å². The number of aryl methyl sites for hydroxylation is 2. The molecule has 0 radical (unpaired) electrons. The minimum atomic E-state index is -0.437. The highest BCUT2D eigenvalue weighted by atomic mass is 16.5. The van der Waals surface area contributed by atoms with Crippen molar-refractivity contribution in [1.82, 2.24) is 9.78 Å². The molecule has 0 spiro atoms. The first-order chi connectivity index (χ1) is 8.04. The average molecular weight is 234 g/mol. The van der Waals surface area contributed by atoms with Gasteiger partial charge < -0.3 is 9.84 Å². The quantitative estimate of drug-likeness (QED) is 0.804. The standard InChI is InChI=1S/C12H14N2O3/c1-4-17-12(16)8-5-9-7(2)13-14(3)11(9)10(15)6-8/h5-6,15H,4H2,1-3H3. The van der Waals surface area contributed by atoms with E-state index in [4.69, 9.17) is 4.74 Å². The number of phenols is 1. The highest BCUT2D eigenvalue weighted by Gasteiger charge is 2.15. The van der Waals surface area contributed by atoms with Gasteiger partial charge in [-0.05, 0) is 26.0 Å². The van der Waals surface area contributed by atoms with Crippen LogP contribution in [0.15, 0.2) is 12.1 Å². The predicted molar refractivity (Wildman–Crippen MR) is 63.1 cm³/mol. The molecule has 1 aromatic heterocycles. The molecule has 0 fully saturated rings. The first kappa shape index (κ1) is 11.4. The van der Waals surface area contributed by atoms with Crippen molar-refractivity contribution in [3.05, 3.63) is 23.4 Å². The van der Waals surface area contributed by atoms with E-state index in [-0.39, 0.29) is 5.75 Å². The number of fused-ring (bicyclic) bond motifs is 1. The fourth-order valence-corrected chi connectivity index (χ4v) is 1.90. The number of rotatable bonds is 2. The lowest BCUT2D eigenvalue weighted by Crippen LogP contribution is -2.04. The van der Waals surface area contributed by atoms with E-state index in [0.29, 0.717) is 17.7 Å². The van der Waals surface area contributed by atoms with E-state index in [1.807, 2.05) is 6.92 Å². The fourth-order valence-electron chi connectivity index (χ4n) is 1.90. The third-order valence-electron chi connectivity index (χ3n) is 2.61. The summed E-state index contributed by atoms with van der Waals surface area (Å²) in [5, 5.41) is 14.9. The summed E-state index contributed by atoms with van der Waals surface area (Å²) in [6.07, 6.45) is 0. The van der Waals surface area contributed by atoms with Crippen LogP contribution in [0.3, 0.4) is 0 Å². The number of esters is 1. The van der Waals surface area contributed by atoms with E-state index in [1.165, 1.54) is 6.07 Å². The topological polar surface area (TPSA) is 64.3 Å². The highest BCUT2D eigenvalue weighted by Crippen LogP contribution is 2.28. The van der Waals surface area contributed by atoms with Crippen molar-refractivity contribution in [1.29, 1.82) is 0 Å². The summed E-state index contributed by atoms with van der Waals surface area (Å²) in [4.78, 5) is 11.6. The van der Waals surface area contributed by atoms with Crippen molar-refractivity contribution in [2.24, 2.45) is 7.05 Å². The van der Waals surface area contributed by atoms with Crippen molar-refractivity contribution >= 4 is 16.9 Å².